The van der Waals surface area contributed by atoms with Crippen molar-refractivity contribution >= 4 is 38.5 Å². The Balaban J connectivity index is 1.25. The van der Waals surface area contributed by atoms with Gasteiger partial charge in [0.2, 0.25) is 0 Å². The van der Waals surface area contributed by atoms with Crippen LogP contribution in [0.5, 0.6) is 0 Å². The topological polar surface area (TPSA) is 272 Å². The maximum atomic E-state index is 11.9. The first-order chi connectivity index (χ1) is 24.6. The van der Waals surface area contributed by atoms with Gasteiger partial charge in [-0.1, -0.05) is 54.6 Å². The van der Waals surface area contributed by atoms with Crippen LogP contribution in [0.4, 0.5) is 0 Å². The molecule has 0 bridgehead atoms. The van der Waals surface area contributed by atoms with E-state index in [1.54, 1.807) is 0 Å². The molecule has 7 rings (SSSR count). The number of aliphatic hydroxyl groups excluding tert-OH is 8. The van der Waals surface area contributed by atoms with Gasteiger partial charge in [0.25, 0.3) is 0 Å². The lowest BCUT2D eigenvalue weighted by Gasteiger charge is -2.48. The van der Waals surface area contributed by atoms with Crippen LogP contribution >= 0.6 is 0 Å². The van der Waals surface area contributed by atoms with Crippen LogP contribution < -0.4 is 11.5 Å². The molecular weight excluding hydrogens is 670 g/mol. The summed E-state index contributed by atoms with van der Waals surface area (Å²) in [5.41, 5.74) is 12.7. The Hall–Kier alpha value is -3.01. The van der Waals surface area contributed by atoms with Gasteiger partial charge in [0, 0.05) is 11.8 Å². The van der Waals surface area contributed by atoms with E-state index < -0.39 is 112 Å². The van der Waals surface area contributed by atoms with Gasteiger partial charge in [-0.05, 0) is 32.3 Å². The maximum Gasteiger partial charge on any atom is 0.183 e. The van der Waals surface area contributed by atoms with E-state index in [1.165, 1.54) is 6.21 Å². The van der Waals surface area contributed by atoms with Gasteiger partial charge < -0.3 is 76.0 Å². The van der Waals surface area contributed by atoms with E-state index in [1.807, 2.05) is 48.5 Å². The Kier molecular flexibility index (Phi) is 10.5. The Morgan fingerprint density at radius 3 is 1.86 bits per heavy atom. The monoisotopic (exact) mass is 713 g/mol. The van der Waals surface area contributed by atoms with E-state index in [4.69, 9.17) is 40.1 Å². The van der Waals surface area contributed by atoms with Crippen LogP contribution in [0, 0.1) is 0 Å². The largest absolute Gasteiger partial charge is 0.394 e. The number of aliphatic imine (C=N–C) groups is 1. The molecule has 4 aromatic carbocycles. The van der Waals surface area contributed by atoms with Crippen molar-refractivity contribution in [2.45, 2.75) is 91.9 Å². The minimum Gasteiger partial charge on any atom is -0.394 e. The predicted molar refractivity (Wildman–Crippen MR) is 181 cm³/mol. The summed E-state index contributed by atoms with van der Waals surface area (Å²) >= 11 is 0. The highest BCUT2D eigenvalue weighted by Crippen LogP contribution is 2.37. The van der Waals surface area contributed by atoms with E-state index in [0.29, 0.717) is 5.56 Å². The third-order valence-electron chi connectivity index (χ3n) is 10.2. The zero-order chi connectivity index (χ0) is 36.1. The lowest BCUT2D eigenvalue weighted by atomic mass is 9.92. The fourth-order valence-corrected chi connectivity index (χ4v) is 7.33. The number of rotatable bonds is 9. The first kappa shape index (κ1) is 36.4. The third-order valence-corrected chi connectivity index (χ3v) is 10.2. The molecule has 0 spiro atoms. The summed E-state index contributed by atoms with van der Waals surface area (Å²) < 4.78 is 29.2. The minimum atomic E-state index is -1.63. The molecule has 276 valence electrons. The predicted octanol–water partition coefficient (Wildman–Crippen LogP) is -2.62. The molecule has 0 amide bonds. The van der Waals surface area contributed by atoms with Crippen LogP contribution in [0.3, 0.4) is 0 Å². The summed E-state index contributed by atoms with van der Waals surface area (Å²) in [6, 6.07) is 14.0. The van der Waals surface area contributed by atoms with Gasteiger partial charge in [-0.15, -0.1) is 0 Å². The third kappa shape index (κ3) is 6.50. The molecule has 51 heavy (non-hydrogen) atoms. The molecule has 3 aliphatic heterocycles. The normalized spacial score (nSPS) is 39.5. The molecule has 0 aromatic heterocycles. The van der Waals surface area contributed by atoms with E-state index in [0.717, 1.165) is 32.3 Å². The van der Waals surface area contributed by atoms with Gasteiger partial charge >= 0.3 is 0 Å². The fraction of sp³-hybridized carbons (Fsp3) is 0.514. The van der Waals surface area contributed by atoms with Gasteiger partial charge in [0.05, 0.1) is 31.9 Å². The SMILES string of the molecule is N[C@H]1[C@H](OC2[C@@H](CO)O[C@@H](OC3[C@@H](CO)O[C@@H](O)[C@H](N)[C@H]3O)[C@H](N=Cc3ccc4ccc5cccc6ccc3c4c56)[C@H]2O)O[C@H](CO)[C@@H](O)[C@@H]1O. The molecule has 3 heterocycles. The molecule has 2 unspecified atom stereocenters. The van der Waals surface area contributed by atoms with Crippen molar-refractivity contribution in [3.63, 3.8) is 0 Å². The molecular formula is C35H43N3O13. The summed E-state index contributed by atoms with van der Waals surface area (Å²) in [6.07, 6.45) is -15.9. The second-order valence-electron chi connectivity index (χ2n) is 13.3. The minimum absolute atomic E-state index is 0.672. The number of aliphatic hydroxyl groups is 8. The molecule has 12 N–H and O–H groups in total. The van der Waals surface area contributed by atoms with E-state index >= 15 is 0 Å². The number of hydrogen-bond acceptors (Lipinski definition) is 16. The maximum absolute atomic E-state index is 11.9. The lowest BCUT2D eigenvalue weighted by molar-refractivity contribution is -0.347. The van der Waals surface area contributed by atoms with Crippen molar-refractivity contribution in [1.82, 2.24) is 0 Å². The van der Waals surface area contributed by atoms with Crippen LogP contribution in [0.25, 0.3) is 32.3 Å². The van der Waals surface area contributed by atoms with Crippen LogP contribution in [0.1, 0.15) is 5.56 Å². The van der Waals surface area contributed by atoms with Crippen molar-refractivity contribution < 1.29 is 64.5 Å². The van der Waals surface area contributed by atoms with Crippen molar-refractivity contribution in [2.75, 3.05) is 19.8 Å². The summed E-state index contributed by atoms with van der Waals surface area (Å²) in [6.45, 7) is -2.08. The Labute approximate surface area is 291 Å². The number of nitrogens with two attached hydrogens (primary N) is 2. The Morgan fingerprint density at radius 1 is 0.608 bits per heavy atom. The van der Waals surface area contributed by atoms with Crippen LogP contribution in [-0.2, 0) is 23.7 Å². The van der Waals surface area contributed by atoms with Crippen molar-refractivity contribution in [1.29, 1.82) is 0 Å². The lowest BCUT2D eigenvalue weighted by Crippen LogP contribution is -2.67. The van der Waals surface area contributed by atoms with E-state index in [9.17, 15) is 40.9 Å². The van der Waals surface area contributed by atoms with Gasteiger partial charge in [-0.25, -0.2) is 0 Å². The summed E-state index contributed by atoms with van der Waals surface area (Å²) in [7, 11) is 0. The van der Waals surface area contributed by atoms with Gasteiger partial charge in [0.1, 0.15) is 61.0 Å². The van der Waals surface area contributed by atoms with Crippen molar-refractivity contribution in [2.24, 2.45) is 16.5 Å². The number of nitrogens with zero attached hydrogens (tertiary/aromatic N) is 1. The standard InChI is InChI=1S/C35H43N3O13/c36-24-29(44)31(20(12-40)47-33(24)46)51-35-26(30(45)32(21(13-41)49-35)50-34-25(37)28(43)27(42)19(11-39)48-34)38-10-17-7-6-16-5-4-14-2-1-3-15-8-9-18(17)23(16)22(14)15/h1-10,19-21,24-35,39-46H,11-13,36-37H2/t19-,20-,21-,24-,25-,26-,27-,28-,29-,30-,31?,32?,33-,34+,35+/m1/s1. The zero-order valence-corrected chi connectivity index (χ0v) is 27.3. The summed E-state index contributed by atoms with van der Waals surface area (Å²) in [4.78, 5) is 4.71. The Bertz CT molecular complexity index is 1810. The first-order valence-electron chi connectivity index (χ1n) is 16.8. The molecule has 3 aliphatic rings. The molecule has 15 atom stereocenters. The average Bonchev–Trinajstić information content (AvgIpc) is 3.14. The second kappa shape index (κ2) is 14.8. The van der Waals surface area contributed by atoms with Crippen LogP contribution in [0.2, 0.25) is 0 Å². The van der Waals surface area contributed by atoms with Crippen LogP contribution in [0.15, 0.2) is 59.6 Å². The van der Waals surface area contributed by atoms with E-state index in [2.05, 4.69) is 6.07 Å². The highest BCUT2D eigenvalue weighted by Gasteiger charge is 2.53. The number of benzene rings is 4. The molecule has 16 nitrogen and oxygen atoms in total. The van der Waals surface area contributed by atoms with Crippen LogP contribution in [-0.4, -0.2) is 159 Å². The smallest absolute Gasteiger partial charge is 0.183 e. The number of ether oxygens (including phenoxy) is 5. The highest BCUT2D eigenvalue weighted by molar-refractivity contribution is 6.25. The van der Waals surface area contributed by atoms with E-state index in [-0.39, 0.29) is 0 Å². The molecule has 3 saturated heterocycles. The highest BCUT2D eigenvalue weighted by atomic mass is 16.7. The molecule has 4 aromatic rings. The first-order valence-corrected chi connectivity index (χ1v) is 16.8. The summed E-state index contributed by atoms with van der Waals surface area (Å²) in [5.74, 6) is 0. The quantitative estimate of drug-likeness (QED) is 0.0629. The molecule has 3 fully saturated rings. The molecule has 0 aliphatic carbocycles. The molecule has 0 radical (unpaired) electrons. The fourth-order valence-electron chi connectivity index (χ4n) is 7.33. The molecule has 16 heteroatoms. The van der Waals surface area contributed by atoms with Crippen molar-refractivity contribution in [3.05, 3.63) is 60.2 Å². The van der Waals surface area contributed by atoms with Gasteiger partial charge in [-0.3, -0.25) is 4.99 Å². The number of hydrogen-bond donors (Lipinski definition) is 10. The van der Waals surface area contributed by atoms with Gasteiger partial charge in [-0.2, -0.15) is 0 Å². The summed E-state index contributed by atoms with van der Waals surface area (Å²) in [5, 5.41) is 90.0. The Morgan fingerprint density at radius 2 is 1.18 bits per heavy atom. The second-order valence-corrected chi connectivity index (χ2v) is 13.3. The van der Waals surface area contributed by atoms with Gasteiger partial charge in [0.15, 0.2) is 18.9 Å². The average molecular weight is 714 g/mol. The molecule has 0 saturated carbocycles. The van der Waals surface area contributed by atoms with Crippen molar-refractivity contribution in [3.8, 4) is 0 Å². The zero-order valence-electron chi connectivity index (χ0n) is 27.3.